The molecule has 2 heterocycles. The largest absolute Gasteiger partial charge is 0.350 e. The maximum Gasteiger partial charge on any atom is 0.261 e. The SMILES string of the molecule is O=C(c1ccc(NS(=O)(=O)c2ccc(F)c(Cl)c2)cc1)N1CCCC(C2OCCO2)C1. The average molecular weight is 469 g/mol. The molecule has 2 saturated heterocycles. The molecule has 0 spiro atoms. The molecule has 0 bridgehead atoms. The van der Waals surface area contributed by atoms with Crippen LogP contribution in [0, 0.1) is 11.7 Å². The quantitative estimate of drug-likeness (QED) is 0.726. The predicted molar refractivity (Wildman–Crippen MR) is 113 cm³/mol. The van der Waals surface area contributed by atoms with Crippen LogP contribution in [0.2, 0.25) is 5.02 Å². The number of ether oxygens (including phenoxy) is 2. The van der Waals surface area contributed by atoms with Gasteiger partial charge < -0.3 is 14.4 Å². The number of carbonyl (C=O) groups excluding carboxylic acids is 1. The number of anilines is 1. The first-order chi connectivity index (χ1) is 14.8. The normalized spacial score (nSPS) is 20.1. The van der Waals surface area contributed by atoms with Crippen LogP contribution in [0.15, 0.2) is 47.4 Å². The number of hydrogen-bond donors (Lipinski definition) is 1. The lowest BCUT2D eigenvalue weighted by atomic mass is 9.96. The first-order valence-corrected chi connectivity index (χ1v) is 11.8. The molecular weight excluding hydrogens is 447 g/mol. The van der Waals surface area contributed by atoms with Crippen LogP contribution in [0.4, 0.5) is 10.1 Å². The van der Waals surface area contributed by atoms with Crippen molar-refractivity contribution in [2.45, 2.75) is 24.0 Å². The fourth-order valence-corrected chi connectivity index (χ4v) is 5.12. The number of sulfonamides is 1. The summed E-state index contributed by atoms with van der Waals surface area (Å²) >= 11 is 5.68. The van der Waals surface area contributed by atoms with Crippen molar-refractivity contribution in [3.8, 4) is 0 Å². The Morgan fingerprint density at radius 3 is 2.52 bits per heavy atom. The van der Waals surface area contributed by atoms with E-state index in [1.807, 2.05) is 0 Å². The van der Waals surface area contributed by atoms with Crippen molar-refractivity contribution in [3.63, 3.8) is 0 Å². The number of likely N-dealkylation sites (tertiary alicyclic amines) is 1. The highest BCUT2D eigenvalue weighted by Gasteiger charge is 2.33. The van der Waals surface area contributed by atoms with E-state index in [4.69, 9.17) is 21.1 Å². The van der Waals surface area contributed by atoms with Gasteiger partial charge in [0.05, 0.1) is 23.1 Å². The van der Waals surface area contributed by atoms with Crippen LogP contribution in [-0.4, -0.2) is 51.8 Å². The van der Waals surface area contributed by atoms with Crippen molar-refractivity contribution in [2.75, 3.05) is 31.0 Å². The van der Waals surface area contributed by atoms with E-state index >= 15 is 0 Å². The number of piperidine rings is 1. The summed E-state index contributed by atoms with van der Waals surface area (Å²) in [6, 6.07) is 9.34. The number of carbonyl (C=O) groups is 1. The molecule has 2 aliphatic rings. The standard InChI is InChI=1S/C21H22ClFN2O5S/c22-18-12-17(7-8-19(18)23)31(27,28)24-16-5-3-14(4-6-16)20(26)25-9-1-2-15(13-25)21-29-10-11-30-21/h3-8,12,15,21,24H,1-2,9-11,13H2. The molecule has 4 rings (SSSR count). The van der Waals surface area contributed by atoms with Crippen LogP contribution < -0.4 is 4.72 Å². The first kappa shape index (κ1) is 22.0. The maximum absolute atomic E-state index is 13.3. The van der Waals surface area contributed by atoms with Gasteiger partial charge >= 0.3 is 0 Å². The van der Waals surface area contributed by atoms with Crippen LogP contribution in [0.5, 0.6) is 0 Å². The second-order valence-electron chi connectivity index (χ2n) is 7.52. The summed E-state index contributed by atoms with van der Waals surface area (Å²) in [6.45, 7) is 2.37. The topological polar surface area (TPSA) is 84.9 Å². The minimum absolute atomic E-state index is 0.123. The molecule has 2 fully saturated rings. The summed E-state index contributed by atoms with van der Waals surface area (Å²) < 4.78 is 51.9. The van der Waals surface area contributed by atoms with E-state index in [0.717, 1.165) is 31.0 Å². The lowest BCUT2D eigenvalue weighted by Gasteiger charge is -2.34. The molecule has 1 atom stereocenters. The van der Waals surface area contributed by atoms with E-state index in [0.29, 0.717) is 31.9 Å². The van der Waals surface area contributed by atoms with E-state index in [2.05, 4.69) is 4.72 Å². The number of nitrogens with one attached hydrogen (secondary N) is 1. The fourth-order valence-electron chi connectivity index (χ4n) is 3.79. The molecule has 0 saturated carbocycles. The highest BCUT2D eigenvalue weighted by molar-refractivity contribution is 7.92. The van der Waals surface area contributed by atoms with E-state index in [1.54, 1.807) is 17.0 Å². The van der Waals surface area contributed by atoms with Gasteiger partial charge in [-0.15, -0.1) is 0 Å². The molecule has 1 amide bonds. The molecule has 7 nitrogen and oxygen atoms in total. The fraction of sp³-hybridized carbons (Fsp3) is 0.381. The highest BCUT2D eigenvalue weighted by atomic mass is 35.5. The van der Waals surface area contributed by atoms with Crippen LogP contribution in [-0.2, 0) is 19.5 Å². The smallest absolute Gasteiger partial charge is 0.261 e. The lowest BCUT2D eigenvalue weighted by molar-refractivity contribution is -0.0969. The molecular formula is C21H22ClFN2O5S. The van der Waals surface area contributed by atoms with E-state index in [-0.39, 0.29) is 33.7 Å². The Labute approximate surface area is 185 Å². The van der Waals surface area contributed by atoms with Crippen molar-refractivity contribution in [2.24, 2.45) is 5.92 Å². The third-order valence-corrected chi connectivity index (χ3v) is 7.03. The molecule has 1 unspecified atom stereocenters. The molecule has 10 heteroatoms. The Hall–Kier alpha value is -2.20. The summed E-state index contributed by atoms with van der Waals surface area (Å²) in [5, 5.41) is -0.281. The number of benzene rings is 2. The number of halogens is 2. The predicted octanol–water partition coefficient (Wildman–Crippen LogP) is 3.51. The third kappa shape index (κ3) is 5.01. The number of hydrogen-bond acceptors (Lipinski definition) is 5. The molecule has 31 heavy (non-hydrogen) atoms. The monoisotopic (exact) mass is 468 g/mol. The van der Waals surface area contributed by atoms with Gasteiger partial charge in [0.25, 0.3) is 15.9 Å². The highest BCUT2D eigenvalue weighted by Crippen LogP contribution is 2.26. The summed E-state index contributed by atoms with van der Waals surface area (Å²) in [6.07, 6.45) is 1.56. The molecule has 1 N–H and O–H groups in total. The van der Waals surface area contributed by atoms with Crippen LogP contribution in [0.1, 0.15) is 23.2 Å². The molecule has 0 radical (unpaired) electrons. The van der Waals surface area contributed by atoms with Gasteiger partial charge in [0.1, 0.15) is 5.82 Å². The molecule has 166 valence electrons. The van der Waals surface area contributed by atoms with Crippen molar-refractivity contribution in [1.29, 1.82) is 0 Å². The zero-order chi connectivity index (χ0) is 22.0. The van der Waals surface area contributed by atoms with Crippen LogP contribution in [0.25, 0.3) is 0 Å². The summed E-state index contributed by atoms with van der Waals surface area (Å²) in [4.78, 5) is 14.5. The molecule has 0 aliphatic carbocycles. The zero-order valence-electron chi connectivity index (χ0n) is 16.6. The molecule has 2 aromatic rings. The maximum atomic E-state index is 13.3. The molecule has 2 aliphatic heterocycles. The second-order valence-corrected chi connectivity index (χ2v) is 9.61. The van der Waals surface area contributed by atoms with E-state index < -0.39 is 15.8 Å². The van der Waals surface area contributed by atoms with Crippen LogP contribution >= 0.6 is 11.6 Å². The number of rotatable bonds is 5. The van der Waals surface area contributed by atoms with Gasteiger partial charge in [0.2, 0.25) is 0 Å². The van der Waals surface area contributed by atoms with Gasteiger partial charge in [-0.05, 0) is 55.3 Å². The first-order valence-electron chi connectivity index (χ1n) is 9.94. The van der Waals surface area contributed by atoms with Gasteiger partial charge in [-0.25, -0.2) is 12.8 Å². The lowest BCUT2D eigenvalue weighted by Crippen LogP contribution is -2.43. The number of nitrogens with zero attached hydrogens (tertiary/aromatic N) is 1. The van der Waals surface area contributed by atoms with E-state index in [1.165, 1.54) is 12.1 Å². The minimum atomic E-state index is -3.95. The third-order valence-electron chi connectivity index (χ3n) is 5.36. The molecule has 2 aromatic carbocycles. The Bertz CT molecular complexity index is 1060. The van der Waals surface area contributed by atoms with Crippen molar-refractivity contribution >= 4 is 33.2 Å². The Balaban J connectivity index is 1.42. The summed E-state index contributed by atoms with van der Waals surface area (Å²) in [7, 11) is -3.95. The Morgan fingerprint density at radius 1 is 1.13 bits per heavy atom. The van der Waals surface area contributed by atoms with Crippen molar-refractivity contribution in [1.82, 2.24) is 4.90 Å². The van der Waals surface area contributed by atoms with Gasteiger partial charge in [-0.3, -0.25) is 9.52 Å². The Kier molecular flexibility index (Phi) is 6.47. The second kappa shape index (κ2) is 9.12. The Morgan fingerprint density at radius 2 is 1.84 bits per heavy atom. The van der Waals surface area contributed by atoms with Gasteiger partial charge in [-0.2, -0.15) is 0 Å². The average Bonchev–Trinajstić information content (AvgIpc) is 3.30. The van der Waals surface area contributed by atoms with Crippen molar-refractivity contribution < 1.29 is 27.1 Å². The van der Waals surface area contributed by atoms with Gasteiger partial charge in [0, 0.05) is 30.3 Å². The van der Waals surface area contributed by atoms with E-state index in [9.17, 15) is 17.6 Å². The van der Waals surface area contributed by atoms with Gasteiger partial charge in [-0.1, -0.05) is 11.6 Å². The molecule has 0 aromatic heterocycles. The van der Waals surface area contributed by atoms with Gasteiger partial charge in [0.15, 0.2) is 6.29 Å². The van der Waals surface area contributed by atoms with Crippen LogP contribution in [0.3, 0.4) is 0 Å². The summed E-state index contributed by atoms with van der Waals surface area (Å²) in [5.74, 6) is -0.675. The minimum Gasteiger partial charge on any atom is -0.350 e. The number of amides is 1. The summed E-state index contributed by atoms with van der Waals surface area (Å²) in [5.41, 5.74) is 0.739. The van der Waals surface area contributed by atoms with Crippen molar-refractivity contribution in [3.05, 3.63) is 58.9 Å². The zero-order valence-corrected chi connectivity index (χ0v) is 18.2.